The smallest absolute Gasteiger partial charge is 0.191 e. The van der Waals surface area contributed by atoms with Gasteiger partial charge in [-0.15, -0.1) is 0 Å². The minimum Gasteiger partial charge on any atom is -0.331 e. The largest absolute Gasteiger partial charge is 0.331 e. The third-order valence-electron chi connectivity index (χ3n) is 3.90. The molecular formula is C18H23N3S. The van der Waals surface area contributed by atoms with Gasteiger partial charge in [0.1, 0.15) is 0 Å². The molecule has 116 valence electrons. The number of hydrogen-bond donors (Lipinski definition) is 2. The first kappa shape index (κ1) is 16.4. The molecule has 2 N–H and O–H groups in total. The highest BCUT2D eigenvalue weighted by Gasteiger charge is 2.18. The maximum Gasteiger partial charge on any atom is 0.191 e. The lowest BCUT2D eigenvalue weighted by Gasteiger charge is -2.22. The summed E-state index contributed by atoms with van der Waals surface area (Å²) in [5, 5.41) is 8.10. The Morgan fingerprint density at radius 3 is 2.59 bits per heavy atom. The van der Waals surface area contributed by atoms with Crippen LogP contribution < -0.4 is 10.7 Å². The number of allylic oxidation sites excluding steroid dienone is 3. The number of nitrogens with zero attached hydrogens (tertiary/aromatic N) is 1. The summed E-state index contributed by atoms with van der Waals surface area (Å²) in [6, 6.07) is 8.09. The second-order valence-electron chi connectivity index (χ2n) is 5.86. The second kappa shape index (κ2) is 7.36. The van der Waals surface area contributed by atoms with Gasteiger partial charge in [0.25, 0.3) is 0 Å². The molecule has 1 aliphatic rings. The lowest BCUT2D eigenvalue weighted by Crippen LogP contribution is -2.26. The summed E-state index contributed by atoms with van der Waals surface area (Å²) in [5.41, 5.74) is 8.59. The van der Waals surface area contributed by atoms with Gasteiger partial charge in [-0.3, -0.25) is 5.43 Å². The Morgan fingerprint density at radius 1 is 1.27 bits per heavy atom. The van der Waals surface area contributed by atoms with Crippen molar-refractivity contribution in [3.8, 4) is 0 Å². The van der Waals surface area contributed by atoms with Crippen molar-refractivity contribution < 1.29 is 0 Å². The molecule has 0 spiro atoms. The van der Waals surface area contributed by atoms with Crippen molar-refractivity contribution in [2.45, 2.75) is 33.6 Å². The van der Waals surface area contributed by atoms with Crippen LogP contribution in [0, 0.1) is 12.8 Å². The molecule has 0 saturated carbocycles. The van der Waals surface area contributed by atoms with Gasteiger partial charge in [-0.1, -0.05) is 35.9 Å². The quantitative estimate of drug-likeness (QED) is 0.487. The fourth-order valence-corrected chi connectivity index (χ4v) is 2.50. The number of hydrogen-bond acceptors (Lipinski definition) is 2. The van der Waals surface area contributed by atoms with Gasteiger partial charge in [-0.05, 0) is 69.5 Å². The maximum absolute atomic E-state index is 5.29. The van der Waals surface area contributed by atoms with E-state index >= 15 is 0 Å². The molecule has 1 unspecified atom stereocenters. The highest BCUT2D eigenvalue weighted by Crippen LogP contribution is 2.26. The number of nitrogens with one attached hydrogen (secondary N) is 2. The van der Waals surface area contributed by atoms with Gasteiger partial charge in [0.05, 0.1) is 5.71 Å². The normalized spacial score (nSPS) is 19.5. The van der Waals surface area contributed by atoms with Gasteiger partial charge in [0.2, 0.25) is 0 Å². The standard InChI is InChI=1S/C18H23N3S/c1-12(2)15-8-7-14(4)17(11-15)20-21-18(22)19-16-9-5-13(3)6-10-16/h5-7,9-10,15H,1,8,11H2,2-4H3,(H2,19,21,22)/b20-17+. The first-order chi connectivity index (χ1) is 10.5. The Balaban J connectivity index is 1.96. The number of anilines is 1. The predicted octanol–water partition coefficient (Wildman–Crippen LogP) is 4.57. The van der Waals surface area contributed by atoms with Crippen molar-refractivity contribution in [2.75, 3.05) is 5.32 Å². The highest BCUT2D eigenvalue weighted by atomic mass is 32.1. The molecule has 0 heterocycles. The lowest BCUT2D eigenvalue weighted by molar-refractivity contribution is 0.637. The van der Waals surface area contributed by atoms with E-state index in [9.17, 15) is 0 Å². The Morgan fingerprint density at radius 2 is 1.95 bits per heavy atom. The van der Waals surface area contributed by atoms with E-state index in [4.69, 9.17) is 12.2 Å². The molecule has 1 aromatic rings. The maximum atomic E-state index is 5.29. The van der Waals surface area contributed by atoms with Crippen LogP contribution in [0.3, 0.4) is 0 Å². The number of benzene rings is 1. The van der Waals surface area contributed by atoms with Crippen molar-refractivity contribution in [1.82, 2.24) is 5.43 Å². The minimum absolute atomic E-state index is 0.475. The van der Waals surface area contributed by atoms with Crippen LogP contribution in [0.25, 0.3) is 0 Å². The third-order valence-corrected chi connectivity index (χ3v) is 4.10. The van der Waals surface area contributed by atoms with E-state index < -0.39 is 0 Å². The minimum atomic E-state index is 0.475. The molecule has 3 nitrogen and oxygen atoms in total. The number of thiocarbonyl (C=S) groups is 1. The molecule has 0 aliphatic heterocycles. The molecule has 0 fully saturated rings. The van der Waals surface area contributed by atoms with Gasteiger partial charge in [-0.2, -0.15) is 5.10 Å². The van der Waals surface area contributed by atoms with Crippen LogP contribution in [-0.2, 0) is 0 Å². The summed E-state index contributed by atoms with van der Waals surface area (Å²) in [6.07, 6.45) is 4.18. The third kappa shape index (κ3) is 4.53. The first-order valence-electron chi connectivity index (χ1n) is 7.48. The average Bonchev–Trinajstić information content (AvgIpc) is 2.48. The number of rotatable bonds is 3. The lowest BCUT2D eigenvalue weighted by atomic mass is 9.85. The number of hydrazone groups is 1. The van der Waals surface area contributed by atoms with Gasteiger partial charge in [-0.25, -0.2) is 0 Å². The first-order valence-corrected chi connectivity index (χ1v) is 7.89. The topological polar surface area (TPSA) is 36.4 Å². The van der Waals surface area contributed by atoms with Gasteiger partial charge < -0.3 is 5.32 Å². The molecule has 0 saturated heterocycles. The van der Waals surface area contributed by atoms with Crippen molar-refractivity contribution in [1.29, 1.82) is 0 Å². The molecule has 0 bridgehead atoms. The van der Waals surface area contributed by atoms with Crippen LogP contribution in [-0.4, -0.2) is 10.8 Å². The van der Waals surface area contributed by atoms with E-state index in [-0.39, 0.29) is 0 Å². The Kier molecular flexibility index (Phi) is 5.50. The van der Waals surface area contributed by atoms with E-state index in [1.807, 2.05) is 24.3 Å². The summed E-state index contributed by atoms with van der Waals surface area (Å²) in [7, 11) is 0. The van der Waals surface area contributed by atoms with Crippen molar-refractivity contribution >= 4 is 28.7 Å². The fraction of sp³-hybridized carbons (Fsp3) is 0.333. The van der Waals surface area contributed by atoms with Crippen LogP contribution in [0.2, 0.25) is 0 Å². The molecule has 22 heavy (non-hydrogen) atoms. The van der Waals surface area contributed by atoms with Crippen LogP contribution in [0.1, 0.15) is 32.3 Å². The monoisotopic (exact) mass is 313 g/mol. The summed E-state index contributed by atoms with van der Waals surface area (Å²) in [5.74, 6) is 0.475. The molecule has 0 radical (unpaired) electrons. The average molecular weight is 313 g/mol. The van der Waals surface area contributed by atoms with E-state index in [2.05, 4.69) is 49.3 Å². The van der Waals surface area contributed by atoms with Gasteiger partial charge in [0, 0.05) is 5.69 Å². The molecule has 0 amide bonds. The Labute approximate surface area is 138 Å². The van der Waals surface area contributed by atoms with E-state index in [0.29, 0.717) is 11.0 Å². The zero-order valence-corrected chi connectivity index (χ0v) is 14.3. The van der Waals surface area contributed by atoms with E-state index in [1.165, 1.54) is 16.7 Å². The Hall–Kier alpha value is -1.94. The summed E-state index contributed by atoms with van der Waals surface area (Å²) in [4.78, 5) is 0. The van der Waals surface area contributed by atoms with Gasteiger partial charge >= 0.3 is 0 Å². The predicted molar refractivity (Wildman–Crippen MR) is 99.3 cm³/mol. The zero-order valence-electron chi connectivity index (χ0n) is 13.4. The summed E-state index contributed by atoms with van der Waals surface area (Å²) < 4.78 is 0. The molecule has 1 aromatic carbocycles. The molecule has 0 aromatic heterocycles. The van der Waals surface area contributed by atoms with E-state index in [0.717, 1.165) is 24.2 Å². The second-order valence-corrected chi connectivity index (χ2v) is 6.27. The van der Waals surface area contributed by atoms with Crippen LogP contribution >= 0.6 is 12.2 Å². The van der Waals surface area contributed by atoms with Crippen LogP contribution in [0.4, 0.5) is 5.69 Å². The molecule has 4 heteroatoms. The van der Waals surface area contributed by atoms with Crippen LogP contribution in [0.5, 0.6) is 0 Å². The summed E-state index contributed by atoms with van der Waals surface area (Å²) in [6.45, 7) is 10.3. The molecule has 2 rings (SSSR count). The van der Waals surface area contributed by atoms with Crippen molar-refractivity contribution in [3.63, 3.8) is 0 Å². The molecule has 1 atom stereocenters. The van der Waals surface area contributed by atoms with E-state index in [1.54, 1.807) is 0 Å². The zero-order chi connectivity index (χ0) is 16.1. The van der Waals surface area contributed by atoms with Crippen molar-refractivity contribution in [2.24, 2.45) is 11.0 Å². The summed E-state index contributed by atoms with van der Waals surface area (Å²) >= 11 is 5.29. The van der Waals surface area contributed by atoms with Gasteiger partial charge in [0.15, 0.2) is 5.11 Å². The molecule has 1 aliphatic carbocycles. The SMILES string of the molecule is C=C(C)C1CC=C(C)/C(=N/NC(=S)Nc2ccc(C)cc2)C1. The van der Waals surface area contributed by atoms with Crippen LogP contribution in [0.15, 0.2) is 53.2 Å². The highest BCUT2D eigenvalue weighted by molar-refractivity contribution is 7.80. The fourth-order valence-electron chi connectivity index (χ4n) is 2.34. The molecular weight excluding hydrogens is 290 g/mol. The number of aryl methyl sites for hydroxylation is 1. The van der Waals surface area contributed by atoms with Crippen molar-refractivity contribution in [3.05, 3.63) is 53.6 Å². The Bertz CT molecular complexity index is 626.